The van der Waals surface area contributed by atoms with Crippen LogP contribution in [0, 0.1) is 0 Å². The molecule has 1 aromatic rings. The molecule has 1 atom stereocenters. The molecule has 3 nitrogen and oxygen atoms in total. The second kappa shape index (κ2) is 4.74. The summed E-state index contributed by atoms with van der Waals surface area (Å²) in [7, 11) is 0. The lowest BCUT2D eigenvalue weighted by Gasteiger charge is -2.05. The molecule has 0 spiro atoms. The van der Waals surface area contributed by atoms with Crippen LogP contribution in [0.15, 0.2) is 15.9 Å². The Bertz CT molecular complexity index is 298. The number of hydrogen-bond acceptors (Lipinski definition) is 3. The third kappa shape index (κ3) is 3.46. The second-order valence-electron chi connectivity index (χ2n) is 2.74. The third-order valence-corrected chi connectivity index (χ3v) is 3.17. The van der Waals surface area contributed by atoms with Crippen molar-refractivity contribution in [2.75, 3.05) is 0 Å². The highest BCUT2D eigenvalue weighted by Gasteiger charge is 2.06. The second-order valence-corrected chi connectivity index (χ2v) is 4.65. The van der Waals surface area contributed by atoms with Crippen LogP contribution in [0.2, 0.25) is 0 Å². The van der Waals surface area contributed by atoms with E-state index in [0.717, 1.165) is 9.35 Å². The average molecular weight is 263 g/mol. The Balaban J connectivity index is 2.39. The molecular formula is C8H11BrN2OS. The Labute approximate surface area is 89.5 Å². The maximum atomic E-state index is 11.1. The van der Waals surface area contributed by atoms with Gasteiger partial charge in [0.15, 0.2) is 0 Å². The molecule has 1 amide bonds. The van der Waals surface area contributed by atoms with Gasteiger partial charge in [-0.2, -0.15) is 0 Å². The van der Waals surface area contributed by atoms with E-state index in [2.05, 4.69) is 21.2 Å². The van der Waals surface area contributed by atoms with Crippen LogP contribution >= 0.6 is 27.3 Å². The molecule has 72 valence electrons. The minimum absolute atomic E-state index is 0.121. The van der Waals surface area contributed by atoms with Gasteiger partial charge in [-0.25, -0.2) is 0 Å². The Kier molecular flexibility index (Phi) is 3.90. The first kappa shape index (κ1) is 10.7. The van der Waals surface area contributed by atoms with E-state index in [4.69, 9.17) is 5.73 Å². The van der Waals surface area contributed by atoms with Crippen LogP contribution in [0.5, 0.6) is 0 Å². The summed E-state index contributed by atoms with van der Waals surface area (Å²) in [5, 5.41) is 4.72. The molecule has 3 N–H and O–H groups in total. The van der Waals surface area contributed by atoms with Crippen molar-refractivity contribution in [3.8, 4) is 0 Å². The summed E-state index contributed by atoms with van der Waals surface area (Å²) in [5.41, 5.74) is 5.39. The van der Waals surface area contributed by atoms with Crippen LogP contribution in [0.1, 0.15) is 11.8 Å². The van der Waals surface area contributed by atoms with E-state index in [1.54, 1.807) is 18.3 Å². The van der Waals surface area contributed by atoms with Gasteiger partial charge in [0.1, 0.15) is 0 Å². The molecule has 0 aromatic carbocycles. The van der Waals surface area contributed by atoms with E-state index in [0.29, 0.717) is 6.54 Å². The number of nitrogens with two attached hydrogens (primary N) is 1. The number of amides is 1. The number of hydrogen-bond donors (Lipinski definition) is 2. The number of carbonyl (C=O) groups is 1. The van der Waals surface area contributed by atoms with Crippen molar-refractivity contribution in [2.45, 2.75) is 19.5 Å². The van der Waals surface area contributed by atoms with Crippen LogP contribution in [-0.2, 0) is 11.3 Å². The third-order valence-electron chi connectivity index (χ3n) is 1.47. The Morgan fingerprint density at radius 3 is 3.00 bits per heavy atom. The lowest BCUT2D eigenvalue weighted by molar-refractivity contribution is -0.122. The Hall–Kier alpha value is -0.390. The van der Waals surface area contributed by atoms with Crippen molar-refractivity contribution < 1.29 is 4.79 Å². The standard InChI is InChI=1S/C8H11BrN2OS/c1-5(10)8(12)11-3-7-2-6(9)4-13-7/h2,4-5H,3,10H2,1H3,(H,11,12)/t5-/m0/s1. The van der Waals surface area contributed by atoms with Gasteiger partial charge in [0.05, 0.1) is 12.6 Å². The SMILES string of the molecule is C[C@H](N)C(=O)NCc1cc(Br)cs1. The molecule has 0 bridgehead atoms. The lowest BCUT2D eigenvalue weighted by Crippen LogP contribution is -2.37. The van der Waals surface area contributed by atoms with E-state index in [-0.39, 0.29) is 5.91 Å². The molecule has 13 heavy (non-hydrogen) atoms. The highest BCUT2D eigenvalue weighted by molar-refractivity contribution is 9.10. The van der Waals surface area contributed by atoms with E-state index in [1.807, 2.05) is 11.4 Å². The Morgan fingerprint density at radius 2 is 2.54 bits per heavy atom. The average Bonchev–Trinajstić information content (AvgIpc) is 2.47. The normalized spacial score (nSPS) is 12.5. The number of carbonyl (C=O) groups excluding carboxylic acids is 1. The zero-order chi connectivity index (χ0) is 9.84. The van der Waals surface area contributed by atoms with Gasteiger partial charge in [0, 0.05) is 14.7 Å². The van der Waals surface area contributed by atoms with E-state index < -0.39 is 6.04 Å². The fourth-order valence-corrected chi connectivity index (χ4v) is 2.17. The summed E-state index contributed by atoms with van der Waals surface area (Å²) in [5.74, 6) is -0.121. The summed E-state index contributed by atoms with van der Waals surface area (Å²) in [6, 6.07) is 1.54. The van der Waals surface area contributed by atoms with E-state index >= 15 is 0 Å². The van der Waals surface area contributed by atoms with Gasteiger partial charge in [-0.3, -0.25) is 4.79 Å². The zero-order valence-electron chi connectivity index (χ0n) is 7.21. The summed E-state index contributed by atoms with van der Waals surface area (Å²) >= 11 is 4.94. The fourth-order valence-electron chi connectivity index (χ4n) is 0.782. The van der Waals surface area contributed by atoms with Gasteiger partial charge in [0.2, 0.25) is 5.91 Å². The van der Waals surface area contributed by atoms with Crippen LogP contribution in [0.25, 0.3) is 0 Å². The molecule has 5 heteroatoms. The molecule has 0 radical (unpaired) electrons. The zero-order valence-corrected chi connectivity index (χ0v) is 9.61. The van der Waals surface area contributed by atoms with Crippen LogP contribution < -0.4 is 11.1 Å². The Morgan fingerprint density at radius 1 is 1.85 bits per heavy atom. The van der Waals surface area contributed by atoms with Crippen molar-refractivity contribution in [2.24, 2.45) is 5.73 Å². The van der Waals surface area contributed by atoms with Crippen molar-refractivity contribution in [3.63, 3.8) is 0 Å². The van der Waals surface area contributed by atoms with Gasteiger partial charge in [-0.1, -0.05) is 0 Å². The number of halogens is 1. The van der Waals surface area contributed by atoms with Crippen LogP contribution in [0.3, 0.4) is 0 Å². The van der Waals surface area contributed by atoms with Crippen LogP contribution in [-0.4, -0.2) is 11.9 Å². The number of thiophene rings is 1. The fraction of sp³-hybridized carbons (Fsp3) is 0.375. The van der Waals surface area contributed by atoms with Crippen molar-refractivity contribution in [1.29, 1.82) is 0 Å². The quantitative estimate of drug-likeness (QED) is 0.867. The first-order valence-electron chi connectivity index (χ1n) is 3.86. The molecule has 0 unspecified atom stereocenters. The van der Waals surface area contributed by atoms with E-state index in [1.165, 1.54) is 0 Å². The largest absolute Gasteiger partial charge is 0.350 e. The summed E-state index contributed by atoms with van der Waals surface area (Å²) in [4.78, 5) is 12.2. The number of nitrogens with one attached hydrogen (secondary N) is 1. The van der Waals surface area contributed by atoms with Gasteiger partial charge >= 0.3 is 0 Å². The van der Waals surface area contributed by atoms with Crippen molar-refractivity contribution >= 4 is 33.2 Å². The van der Waals surface area contributed by atoms with Crippen LogP contribution in [0.4, 0.5) is 0 Å². The maximum Gasteiger partial charge on any atom is 0.236 e. The molecular weight excluding hydrogens is 252 g/mol. The highest BCUT2D eigenvalue weighted by Crippen LogP contribution is 2.19. The van der Waals surface area contributed by atoms with Crippen molar-refractivity contribution in [3.05, 3.63) is 20.8 Å². The van der Waals surface area contributed by atoms with Gasteiger partial charge in [-0.05, 0) is 28.9 Å². The molecule has 0 aliphatic rings. The minimum atomic E-state index is -0.441. The predicted molar refractivity (Wildman–Crippen MR) is 57.5 cm³/mol. The highest BCUT2D eigenvalue weighted by atomic mass is 79.9. The molecule has 1 rings (SSSR count). The molecule has 0 fully saturated rings. The van der Waals surface area contributed by atoms with Gasteiger partial charge in [0.25, 0.3) is 0 Å². The lowest BCUT2D eigenvalue weighted by atomic mass is 10.3. The maximum absolute atomic E-state index is 11.1. The first-order valence-corrected chi connectivity index (χ1v) is 5.53. The van der Waals surface area contributed by atoms with Gasteiger partial charge in [-0.15, -0.1) is 11.3 Å². The predicted octanol–water partition coefficient (Wildman–Crippen LogP) is 1.47. The molecule has 0 saturated carbocycles. The topological polar surface area (TPSA) is 55.1 Å². The smallest absolute Gasteiger partial charge is 0.236 e. The number of rotatable bonds is 3. The summed E-state index contributed by atoms with van der Waals surface area (Å²) in [6.07, 6.45) is 0. The summed E-state index contributed by atoms with van der Waals surface area (Å²) in [6.45, 7) is 2.22. The summed E-state index contributed by atoms with van der Waals surface area (Å²) < 4.78 is 1.04. The van der Waals surface area contributed by atoms with E-state index in [9.17, 15) is 4.79 Å². The molecule has 0 aliphatic carbocycles. The monoisotopic (exact) mass is 262 g/mol. The minimum Gasteiger partial charge on any atom is -0.350 e. The van der Waals surface area contributed by atoms with Crippen molar-refractivity contribution in [1.82, 2.24) is 5.32 Å². The molecule has 1 aromatic heterocycles. The van der Waals surface area contributed by atoms with Gasteiger partial charge < -0.3 is 11.1 Å². The first-order chi connectivity index (χ1) is 6.09. The molecule has 0 aliphatic heterocycles. The molecule has 0 saturated heterocycles. The molecule has 1 heterocycles.